The average Bonchev–Trinajstić information content (AvgIpc) is 3.29. The topological polar surface area (TPSA) is 52.7 Å². The Morgan fingerprint density at radius 1 is 1.06 bits per heavy atom. The maximum Gasteiger partial charge on any atom is 0.251 e. The van der Waals surface area contributed by atoms with Crippen molar-refractivity contribution in [2.75, 3.05) is 0 Å². The molecular weight excluding hydrogens is 470 g/mol. The van der Waals surface area contributed by atoms with Gasteiger partial charge in [0.2, 0.25) is 5.67 Å². The van der Waals surface area contributed by atoms with Gasteiger partial charge in [-0.2, -0.15) is 0 Å². The molecule has 35 heavy (non-hydrogen) atoms. The van der Waals surface area contributed by atoms with Crippen LogP contribution in [-0.2, 0) is 19.3 Å². The largest absolute Gasteiger partial charge is 0.334 e. The number of alkyl halides is 1. The first kappa shape index (κ1) is 22.9. The summed E-state index contributed by atoms with van der Waals surface area (Å²) < 4.78 is 34.5. The van der Waals surface area contributed by atoms with Crippen molar-refractivity contribution in [2.24, 2.45) is 7.05 Å². The minimum atomic E-state index is -2.17. The van der Waals surface area contributed by atoms with Gasteiger partial charge < -0.3 is 9.13 Å². The molecule has 0 fully saturated rings. The molecule has 0 bridgehead atoms. The third-order valence-electron chi connectivity index (χ3n) is 6.21. The number of imidazole rings is 1. The van der Waals surface area contributed by atoms with Gasteiger partial charge in [0.05, 0.1) is 35.6 Å². The summed E-state index contributed by atoms with van der Waals surface area (Å²) in [6.45, 7) is 2.25. The van der Waals surface area contributed by atoms with Crippen molar-refractivity contribution in [3.05, 3.63) is 118 Å². The Morgan fingerprint density at radius 2 is 1.83 bits per heavy atom. The van der Waals surface area contributed by atoms with E-state index in [4.69, 9.17) is 11.6 Å². The summed E-state index contributed by atoms with van der Waals surface area (Å²) in [5.74, 6) is -0.430. The van der Waals surface area contributed by atoms with Crippen LogP contribution in [0.5, 0.6) is 0 Å². The van der Waals surface area contributed by atoms with E-state index in [1.54, 1.807) is 58.6 Å². The zero-order valence-electron chi connectivity index (χ0n) is 19.0. The predicted molar refractivity (Wildman–Crippen MR) is 133 cm³/mol. The van der Waals surface area contributed by atoms with Crippen LogP contribution in [0, 0.1) is 5.82 Å². The first-order valence-corrected chi connectivity index (χ1v) is 11.4. The van der Waals surface area contributed by atoms with Gasteiger partial charge >= 0.3 is 0 Å². The van der Waals surface area contributed by atoms with Crippen LogP contribution in [0.4, 0.5) is 8.78 Å². The maximum atomic E-state index is 17.3. The van der Waals surface area contributed by atoms with Gasteiger partial charge in [0.1, 0.15) is 5.82 Å². The summed E-state index contributed by atoms with van der Waals surface area (Å²) in [5, 5.41) is 1.06. The molecule has 0 radical (unpaired) electrons. The molecule has 0 aliphatic heterocycles. The average molecular weight is 491 g/mol. The van der Waals surface area contributed by atoms with Gasteiger partial charge in [-0.25, -0.2) is 13.8 Å². The number of benzene rings is 2. The molecule has 3 heterocycles. The smallest absolute Gasteiger partial charge is 0.251 e. The molecule has 5 nitrogen and oxygen atoms in total. The lowest BCUT2D eigenvalue weighted by Crippen LogP contribution is -2.28. The SMILES string of the molecule is CCn1c(=O)cc(-c2cccc(F)c2)c2cc(C(F)(c3ccc(Cl)cc3)c3cncn3C)ncc21. The number of rotatable bonds is 5. The molecule has 0 saturated heterocycles. The summed E-state index contributed by atoms with van der Waals surface area (Å²) >= 11 is 6.07. The lowest BCUT2D eigenvalue weighted by atomic mass is 9.87. The number of fused-ring (bicyclic) bond motifs is 1. The maximum absolute atomic E-state index is 17.3. The van der Waals surface area contributed by atoms with E-state index < -0.39 is 11.5 Å². The number of hydrogen-bond donors (Lipinski definition) is 0. The number of halogens is 3. The van der Waals surface area contributed by atoms with Crippen molar-refractivity contribution in [1.29, 1.82) is 0 Å². The Balaban J connectivity index is 1.85. The monoisotopic (exact) mass is 490 g/mol. The highest BCUT2D eigenvalue weighted by atomic mass is 35.5. The third kappa shape index (κ3) is 3.82. The number of aromatic nitrogens is 4. The van der Waals surface area contributed by atoms with Crippen LogP contribution in [-0.4, -0.2) is 19.1 Å². The molecule has 0 spiro atoms. The summed E-state index contributed by atoms with van der Waals surface area (Å²) in [4.78, 5) is 21.5. The van der Waals surface area contributed by atoms with Crippen molar-refractivity contribution in [3.63, 3.8) is 0 Å². The second-order valence-corrected chi connectivity index (χ2v) is 8.73. The third-order valence-corrected chi connectivity index (χ3v) is 6.47. The Kier molecular flexibility index (Phi) is 5.73. The highest BCUT2D eigenvalue weighted by molar-refractivity contribution is 6.30. The van der Waals surface area contributed by atoms with Crippen molar-refractivity contribution in [3.8, 4) is 11.1 Å². The first-order valence-electron chi connectivity index (χ1n) is 11.0. The number of nitrogens with zero attached hydrogens (tertiary/aromatic N) is 4. The number of hydrogen-bond acceptors (Lipinski definition) is 3. The normalized spacial score (nSPS) is 13.2. The van der Waals surface area contributed by atoms with Gasteiger partial charge in [-0.3, -0.25) is 9.78 Å². The molecule has 0 saturated carbocycles. The molecule has 1 unspecified atom stereocenters. The van der Waals surface area contributed by atoms with E-state index in [0.29, 0.717) is 39.2 Å². The quantitative estimate of drug-likeness (QED) is 0.309. The molecule has 176 valence electrons. The van der Waals surface area contributed by atoms with Crippen LogP contribution in [0.2, 0.25) is 5.02 Å². The minimum absolute atomic E-state index is 0.106. The molecule has 2 aromatic carbocycles. The fourth-order valence-electron chi connectivity index (χ4n) is 4.48. The van der Waals surface area contributed by atoms with Crippen LogP contribution in [0.25, 0.3) is 22.0 Å². The zero-order valence-corrected chi connectivity index (χ0v) is 19.8. The van der Waals surface area contributed by atoms with E-state index in [1.807, 2.05) is 6.92 Å². The van der Waals surface area contributed by atoms with Gasteiger partial charge in [-0.1, -0.05) is 35.9 Å². The van der Waals surface area contributed by atoms with Crippen LogP contribution in [0.3, 0.4) is 0 Å². The second kappa shape index (κ2) is 8.74. The highest BCUT2D eigenvalue weighted by Crippen LogP contribution is 2.41. The van der Waals surface area contributed by atoms with E-state index in [-0.39, 0.29) is 16.9 Å². The van der Waals surface area contributed by atoms with Gasteiger partial charge in [0.25, 0.3) is 5.56 Å². The first-order chi connectivity index (χ1) is 16.8. The van der Waals surface area contributed by atoms with Crippen LogP contribution >= 0.6 is 11.6 Å². The molecule has 0 aliphatic rings. The van der Waals surface area contributed by atoms with E-state index in [0.717, 1.165) is 0 Å². The second-order valence-electron chi connectivity index (χ2n) is 8.29. The Morgan fingerprint density at radius 3 is 2.49 bits per heavy atom. The molecule has 5 aromatic rings. The van der Waals surface area contributed by atoms with Crippen molar-refractivity contribution in [1.82, 2.24) is 19.1 Å². The van der Waals surface area contributed by atoms with Gasteiger partial charge in [-0.05, 0) is 48.4 Å². The van der Waals surface area contributed by atoms with Gasteiger partial charge in [0.15, 0.2) is 0 Å². The van der Waals surface area contributed by atoms with Crippen LogP contribution in [0.15, 0.2) is 84.2 Å². The molecule has 0 N–H and O–H groups in total. The van der Waals surface area contributed by atoms with Crippen molar-refractivity contribution >= 4 is 22.5 Å². The van der Waals surface area contributed by atoms with Crippen molar-refractivity contribution in [2.45, 2.75) is 19.1 Å². The Bertz CT molecular complexity index is 1610. The van der Waals surface area contributed by atoms with E-state index >= 15 is 4.39 Å². The van der Waals surface area contributed by atoms with E-state index in [1.165, 1.54) is 36.9 Å². The lowest BCUT2D eigenvalue weighted by molar-refractivity contribution is 0.260. The summed E-state index contributed by atoms with van der Waals surface area (Å²) in [6, 6.07) is 15.5. The summed E-state index contributed by atoms with van der Waals surface area (Å²) in [5.41, 5.74) is -0.149. The van der Waals surface area contributed by atoms with Crippen molar-refractivity contribution < 1.29 is 8.78 Å². The van der Waals surface area contributed by atoms with E-state index in [9.17, 15) is 9.18 Å². The molecule has 0 amide bonds. The Hall–Kier alpha value is -3.84. The molecule has 3 aromatic heterocycles. The highest BCUT2D eigenvalue weighted by Gasteiger charge is 2.41. The fraction of sp³-hybridized carbons (Fsp3) is 0.148. The standard InChI is InChI=1S/C27H21ClF2N4O/c1-3-34-23-14-32-24(12-22(23)21(13-26(34)35)17-5-4-6-20(29)11-17)27(30,25-15-31-16-33(25)2)18-7-9-19(28)10-8-18/h4-16H,3H2,1-2H3. The minimum Gasteiger partial charge on any atom is -0.334 e. The predicted octanol–water partition coefficient (Wildman–Crippen LogP) is 5.87. The molecular formula is C27H21ClF2N4O. The van der Waals surface area contributed by atoms with Gasteiger partial charge in [0, 0.05) is 35.6 Å². The zero-order chi connectivity index (χ0) is 24.7. The summed E-state index contributed by atoms with van der Waals surface area (Å²) in [7, 11) is 1.71. The number of aryl methyl sites for hydroxylation is 2. The molecule has 5 rings (SSSR count). The molecule has 8 heteroatoms. The van der Waals surface area contributed by atoms with Crippen LogP contribution in [0.1, 0.15) is 23.9 Å². The molecule has 1 atom stereocenters. The summed E-state index contributed by atoms with van der Waals surface area (Å²) in [6.07, 6.45) is 4.48. The lowest BCUT2D eigenvalue weighted by Gasteiger charge is -2.26. The molecule has 0 aliphatic carbocycles. The number of pyridine rings is 2. The van der Waals surface area contributed by atoms with Crippen LogP contribution < -0.4 is 5.56 Å². The van der Waals surface area contributed by atoms with E-state index in [2.05, 4.69) is 9.97 Å². The van der Waals surface area contributed by atoms with Gasteiger partial charge in [-0.15, -0.1) is 0 Å². The Labute approximate surface area is 205 Å². The fourth-order valence-corrected chi connectivity index (χ4v) is 4.61.